The summed E-state index contributed by atoms with van der Waals surface area (Å²) in [7, 11) is 4.07. The van der Waals surface area contributed by atoms with Crippen molar-refractivity contribution < 1.29 is 4.79 Å². The summed E-state index contributed by atoms with van der Waals surface area (Å²) >= 11 is 0. The van der Waals surface area contributed by atoms with E-state index in [2.05, 4.69) is 29.4 Å². The highest BCUT2D eigenvalue weighted by atomic mass is 33.1. The topological polar surface area (TPSA) is 67.5 Å². The monoisotopic (exact) mass is 457 g/mol. The van der Waals surface area contributed by atoms with Gasteiger partial charge < -0.3 is 11.1 Å². The van der Waals surface area contributed by atoms with E-state index in [-0.39, 0.29) is 22.3 Å². The fraction of sp³-hybridized carbons (Fsp3) is 0.760. The molecule has 4 nitrogen and oxygen atoms in total. The lowest BCUT2D eigenvalue weighted by Gasteiger charge is -2.57. The molecule has 2 heterocycles. The summed E-state index contributed by atoms with van der Waals surface area (Å²) in [5.41, 5.74) is 9.39. The van der Waals surface area contributed by atoms with Gasteiger partial charge in [0.1, 0.15) is 0 Å². The molecule has 0 radical (unpaired) electrons. The van der Waals surface area contributed by atoms with Crippen LogP contribution in [0.15, 0.2) is 28.3 Å². The van der Waals surface area contributed by atoms with E-state index in [0.717, 1.165) is 43.9 Å². The Morgan fingerprint density at radius 1 is 1.19 bits per heavy atom. The van der Waals surface area contributed by atoms with Gasteiger partial charge in [-0.2, -0.15) is 0 Å². The second kappa shape index (κ2) is 7.31. The molecule has 2 saturated carbocycles. The van der Waals surface area contributed by atoms with Gasteiger partial charge in [-0.05, 0) is 80.6 Å². The predicted octanol–water partition coefficient (Wildman–Crippen LogP) is 4.87. The molecule has 2 fully saturated rings. The van der Waals surface area contributed by atoms with Gasteiger partial charge in [-0.15, -0.1) is 0 Å². The molecule has 4 aliphatic carbocycles. The lowest BCUT2D eigenvalue weighted by Crippen LogP contribution is -2.56. The summed E-state index contributed by atoms with van der Waals surface area (Å²) < 4.78 is 0. The Bertz CT molecular complexity index is 897. The maximum Gasteiger partial charge on any atom is 0.189 e. The van der Waals surface area contributed by atoms with Gasteiger partial charge in [0.25, 0.3) is 0 Å². The zero-order valence-electron chi connectivity index (χ0n) is 18.6. The average molecular weight is 458 g/mol. The number of aliphatic imine (C=N–C) groups is 1. The number of Topliss-reactive ketones (excluding diaryl/α,β-unsaturated/α-hetero) is 1. The van der Waals surface area contributed by atoms with Gasteiger partial charge in [0, 0.05) is 23.5 Å². The summed E-state index contributed by atoms with van der Waals surface area (Å²) in [4.78, 5) is 18.2. The van der Waals surface area contributed by atoms with Crippen LogP contribution in [-0.4, -0.2) is 35.3 Å². The van der Waals surface area contributed by atoms with Crippen molar-refractivity contribution in [2.45, 2.75) is 70.3 Å². The fourth-order valence-electron chi connectivity index (χ4n) is 8.61. The second-order valence-corrected chi connectivity index (χ2v) is 13.6. The molecule has 0 amide bonds. The van der Waals surface area contributed by atoms with Crippen molar-refractivity contribution in [3.05, 3.63) is 23.3 Å². The minimum atomic E-state index is 0.0245. The largest absolute Gasteiger partial charge is 0.370 e. The van der Waals surface area contributed by atoms with E-state index in [4.69, 9.17) is 5.73 Å². The molecule has 3 N–H and O–H groups in total. The van der Waals surface area contributed by atoms with E-state index in [1.807, 2.05) is 21.6 Å². The summed E-state index contributed by atoms with van der Waals surface area (Å²) in [6, 6.07) is 0. The van der Waals surface area contributed by atoms with Crippen LogP contribution < -0.4 is 11.1 Å². The van der Waals surface area contributed by atoms with Gasteiger partial charge >= 0.3 is 0 Å². The zero-order valence-corrected chi connectivity index (χ0v) is 20.3. The predicted molar refractivity (Wildman–Crippen MR) is 131 cm³/mol. The number of carbonyl (C=O) groups excluding carboxylic acids is 1. The van der Waals surface area contributed by atoms with E-state index in [1.165, 1.54) is 43.4 Å². The Balaban J connectivity index is 1.40. The number of guanidine groups is 1. The van der Waals surface area contributed by atoms with Gasteiger partial charge in [-0.25, -0.2) is 0 Å². The number of nitrogens with zero attached hydrogens (tertiary/aromatic N) is 1. The van der Waals surface area contributed by atoms with Crippen LogP contribution in [0, 0.1) is 28.6 Å². The fourth-order valence-corrected chi connectivity index (χ4v) is 11.4. The standard InChI is InChI=1S/C25H35N3OS2/c1-23-11-13-30-31-15-24(10-12-27-22(26)28-24)9-3-5-18-20-14-17(23)8-7-16-4-2-6-19(21(18)29)25(16,20)23/h2,6,16-17,19H,3-5,7-15H2,1H3,(H3,26,27,28)/t16-,17-,19+,23+,24+,25-/m1/s1. The molecule has 0 aromatic heterocycles. The normalized spacial score (nSPS) is 46.8. The Morgan fingerprint density at radius 2 is 2.06 bits per heavy atom. The molecule has 0 aromatic rings. The average Bonchev–Trinajstić information content (AvgIpc) is 3.03. The summed E-state index contributed by atoms with van der Waals surface area (Å²) in [6.07, 6.45) is 15.1. The number of carbonyl (C=O) groups is 1. The van der Waals surface area contributed by atoms with E-state index < -0.39 is 0 Å². The highest BCUT2D eigenvalue weighted by molar-refractivity contribution is 8.76. The van der Waals surface area contributed by atoms with Gasteiger partial charge in [0.05, 0.1) is 11.5 Å². The third kappa shape index (κ3) is 2.76. The van der Waals surface area contributed by atoms with Crippen LogP contribution in [0.3, 0.4) is 0 Å². The van der Waals surface area contributed by atoms with Crippen LogP contribution in [0.2, 0.25) is 0 Å². The second-order valence-electron chi connectivity index (χ2n) is 11.0. The molecule has 2 aliphatic heterocycles. The molecular formula is C25H35N3OS2. The number of hydrogen-bond donors (Lipinski definition) is 2. The number of hydrogen-bond acceptors (Lipinski definition) is 6. The number of allylic oxidation sites excluding steroid dienone is 4. The van der Waals surface area contributed by atoms with Crippen LogP contribution in [0.25, 0.3) is 0 Å². The lowest BCUT2D eigenvalue weighted by molar-refractivity contribution is -0.127. The quantitative estimate of drug-likeness (QED) is 0.401. The first-order chi connectivity index (χ1) is 15.0. The molecule has 0 unspecified atom stereocenters. The maximum absolute atomic E-state index is 13.8. The summed E-state index contributed by atoms with van der Waals surface area (Å²) in [6.45, 7) is 3.39. The van der Waals surface area contributed by atoms with Crippen molar-refractivity contribution in [3.63, 3.8) is 0 Å². The van der Waals surface area contributed by atoms with Crippen molar-refractivity contribution >= 4 is 33.3 Å². The molecule has 6 aliphatic rings. The smallest absolute Gasteiger partial charge is 0.189 e. The van der Waals surface area contributed by atoms with Crippen LogP contribution >= 0.6 is 21.6 Å². The molecule has 6 rings (SSSR count). The first-order valence-corrected chi connectivity index (χ1v) is 14.7. The highest BCUT2D eigenvalue weighted by Gasteiger charge is 2.71. The summed E-state index contributed by atoms with van der Waals surface area (Å²) in [5.74, 6) is 4.88. The third-order valence-electron chi connectivity index (χ3n) is 9.96. The Kier molecular flexibility index (Phi) is 4.88. The molecular weight excluding hydrogens is 422 g/mol. The third-order valence-corrected chi connectivity index (χ3v) is 12.5. The Hall–Kier alpha value is -0.880. The van der Waals surface area contributed by atoms with Crippen molar-refractivity contribution in [1.82, 2.24) is 5.32 Å². The molecule has 6 heteroatoms. The molecule has 31 heavy (non-hydrogen) atoms. The lowest BCUT2D eigenvalue weighted by atomic mass is 9.46. The molecule has 2 spiro atoms. The van der Waals surface area contributed by atoms with E-state index in [9.17, 15) is 4.79 Å². The number of ketones is 1. The van der Waals surface area contributed by atoms with Gasteiger partial charge in [0.2, 0.25) is 0 Å². The molecule has 0 aromatic carbocycles. The van der Waals surface area contributed by atoms with Crippen molar-refractivity contribution in [3.8, 4) is 0 Å². The molecule has 5 bridgehead atoms. The van der Waals surface area contributed by atoms with Crippen LogP contribution in [-0.2, 0) is 4.79 Å². The number of nitrogens with one attached hydrogen (secondary N) is 1. The zero-order chi connectivity index (χ0) is 21.3. The van der Waals surface area contributed by atoms with Crippen molar-refractivity contribution in [2.24, 2.45) is 39.3 Å². The van der Waals surface area contributed by atoms with Crippen LogP contribution in [0.5, 0.6) is 0 Å². The maximum atomic E-state index is 13.8. The van der Waals surface area contributed by atoms with Crippen molar-refractivity contribution in [1.29, 1.82) is 0 Å². The van der Waals surface area contributed by atoms with Gasteiger partial charge in [-0.3, -0.25) is 9.79 Å². The first-order valence-electron chi connectivity index (χ1n) is 12.3. The number of rotatable bonds is 0. The Labute approximate surface area is 194 Å². The minimum absolute atomic E-state index is 0.0245. The molecule has 0 saturated heterocycles. The van der Waals surface area contributed by atoms with E-state index in [0.29, 0.717) is 17.7 Å². The minimum Gasteiger partial charge on any atom is -0.370 e. The van der Waals surface area contributed by atoms with Gasteiger partial charge in [0.15, 0.2) is 11.7 Å². The van der Waals surface area contributed by atoms with E-state index >= 15 is 0 Å². The SMILES string of the molecule is C[C@]12CCSSC[C@]3(CCCC4=C5C[C@H]1CC[C@H]1CC=C[C@@H](C4=O)[C@@]512)CCN=C(N)N3. The highest BCUT2D eigenvalue weighted by Crippen LogP contribution is 2.77. The Morgan fingerprint density at radius 3 is 2.94 bits per heavy atom. The van der Waals surface area contributed by atoms with Gasteiger partial charge in [-0.1, -0.05) is 46.2 Å². The van der Waals surface area contributed by atoms with Crippen LogP contribution in [0.1, 0.15) is 64.7 Å². The van der Waals surface area contributed by atoms with Crippen LogP contribution in [0.4, 0.5) is 0 Å². The molecule has 6 atom stereocenters. The summed E-state index contributed by atoms with van der Waals surface area (Å²) in [5, 5.41) is 3.55. The molecule has 168 valence electrons. The number of nitrogens with two attached hydrogens (primary N) is 1. The van der Waals surface area contributed by atoms with Crippen molar-refractivity contribution in [2.75, 3.05) is 18.1 Å². The first kappa shape index (κ1) is 20.7. The van der Waals surface area contributed by atoms with E-state index in [1.54, 1.807) is 5.57 Å².